The van der Waals surface area contributed by atoms with Crippen LogP contribution in [0.4, 0.5) is 11.4 Å². The number of nitrogens with one attached hydrogen (secondary N) is 2. The molecule has 1 fully saturated rings. The molecule has 0 aliphatic carbocycles. The summed E-state index contributed by atoms with van der Waals surface area (Å²) in [5.41, 5.74) is 3.36. The van der Waals surface area contributed by atoms with E-state index in [0.717, 1.165) is 18.8 Å². The van der Waals surface area contributed by atoms with Crippen LogP contribution in [0.1, 0.15) is 37.8 Å². The van der Waals surface area contributed by atoms with Crippen molar-refractivity contribution in [2.24, 2.45) is 0 Å². The number of nitrogens with zero attached hydrogens (tertiary/aromatic N) is 1. The minimum Gasteiger partial charge on any atom is -0.493 e. The number of thiocarbonyl (C=S) groups is 1. The van der Waals surface area contributed by atoms with E-state index in [-0.39, 0.29) is 6.04 Å². The minimum atomic E-state index is 0.107. The van der Waals surface area contributed by atoms with E-state index in [2.05, 4.69) is 46.7 Å². The fourth-order valence-corrected chi connectivity index (χ4v) is 3.78. The predicted molar refractivity (Wildman–Crippen MR) is 120 cm³/mol. The number of hydrogen-bond acceptors (Lipinski definition) is 4. The summed E-state index contributed by atoms with van der Waals surface area (Å²) >= 11 is 5.48. The molecule has 0 unspecified atom stereocenters. The Morgan fingerprint density at radius 1 is 0.964 bits per heavy atom. The van der Waals surface area contributed by atoms with E-state index in [1.165, 1.54) is 30.5 Å². The zero-order chi connectivity index (χ0) is 19.9. The van der Waals surface area contributed by atoms with Gasteiger partial charge in [-0.2, -0.15) is 0 Å². The summed E-state index contributed by atoms with van der Waals surface area (Å²) in [6.07, 6.45) is 3.92. The van der Waals surface area contributed by atoms with E-state index >= 15 is 0 Å². The maximum Gasteiger partial charge on any atom is 0.171 e. The van der Waals surface area contributed by atoms with Crippen molar-refractivity contribution in [3.63, 3.8) is 0 Å². The van der Waals surface area contributed by atoms with Gasteiger partial charge in [0.2, 0.25) is 0 Å². The smallest absolute Gasteiger partial charge is 0.171 e. The Bertz CT molecular complexity index is 789. The van der Waals surface area contributed by atoms with Gasteiger partial charge in [-0.1, -0.05) is 12.1 Å². The average Bonchev–Trinajstić information content (AvgIpc) is 2.74. The first-order chi connectivity index (χ1) is 13.6. The summed E-state index contributed by atoms with van der Waals surface area (Å²) in [7, 11) is 3.24. The summed E-state index contributed by atoms with van der Waals surface area (Å²) in [6.45, 7) is 4.43. The molecule has 0 amide bonds. The second kappa shape index (κ2) is 9.64. The molecule has 0 spiro atoms. The van der Waals surface area contributed by atoms with Gasteiger partial charge in [-0.05, 0) is 68.2 Å². The zero-order valence-electron chi connectivity index (χ0n) is 16.8. The van der Waals surface area contributed by atoms with Crippen LogP contribution in [0.5, 0.6) is 11.5 Å². The molecular formula is C22H29N3O2S. The lowest BCUT2D eigenvalue weighted by atomic mass is 10.1. The highest BCUT2D eigenvalue weighted by atomic mass is 32.1. The quantitative estimate of drug-likeness (QED) is 0.684. The Morgan fingerprint density at radius 2 is 1.64 bits per heavy atom. The summed E-state index contributed by atoms with van der Waals surface area (Å²) in [5, 5.41) is 7.12. The van der Waals surface area contributed by atoms with Gasteiger partial charge in [0.25, 0.3) is 0 Å². The van der Waals surface area contributed by atoms with Crippen LogP contribution >= 0.6 is 12.2 Å². The summed E-state index contributed by atoms with van der Waals surface area (Å²) in [6, 6.07) is 14.5. The maximum absolute atomic E-state index is 5.48. The van der Waals surface area contributed by atoms with Gasteiger partial charge in [-0.25, -0.2) is 0 Å². The lowest BCUT2D eigenvalue weighted by molar-refractivity contribution is 0.355. The molecule has 0 radical (unpaired) electrons. The van der Waals surface area contributed by atoms with E-state index in [0.29, 0.717) is 16.6 Å². The molecule has 1 heterocycles. The molecule has 1 atom stereocenters. The highest BCUT2D eigenvalue weighted by Gasteiger charge is 2.13. The van der Waals surface area contributed by atoms with Crippen molar-refractivity contribution in [3.05, 3.63) is 48.0 Å². The summed E-state index contributed by atoms with van der Waals surface area (Å²) in [5.74, 6) is 1.35. The van der Waals surface area contributed by atoms with E-state index in [1.54, 1.807) is 14.2 Å². The van der Waals surface area contributed by atoms with Crippen LogP contribution in [-0.2, 0) is 0 Å². The highest BCUT2D eigenvalue weighted by Crippen LogP contribution is 2.29. The molecule has 150 valence electrons. The number of rotatable bonds is 6. The molecule has 1 aliphatic heterocycles. The third-order valence-electron chi connectivity index (χ3n) is 5.10. The van der Waals surface area contributed by atoms with Crippen LogP contribution in [0.2, 0.25) is 0 Å². The molecule has 3 rings (SSSR count). The number of ether oxygens (including phenoxy) is 2. The average molecular weight is 400 g/mol. The van der Waals surface area contributed by atoms with Crippen LogP contribution in [0.3, 0.4) is 0 Å². The highest BCUT2D eigenvalue weighted by molar-refractivity contribution is 7.80. The predicted octanol–water partition coefficient (Wildman–Crippen LogP) is 4.74. The first-order valence-electron chi connectivity index (χ1n) is 9.75. The van der Waals surface area contributed by atoms with Crippen LogP contribution in [0.25, 0.3) is 0 Å². The van der Waals surface area contributed by atoms with Crippen LogP contribution in [0.15, 0.2) is 42.5 Å². The largest absolute Gasteiger partial charge is 0.493 e. The van der Waals surface area contributed by atoms with Gasteiger partial charge in [0.15, 0.2) is 16.6 Å². The SMILES string of the molecule is COc1ccc(NC(=S)N[C@H](C)c2ccc(N3CCCCC3)cc2)cc1OC. The lowest BCUT2D eigenvalue weighted by Crippen LogP contribution is -2.31. The first kappa shape index (κ1) is 20.3. The normalized spacial score (nSPS) is 14.9. The molecule has 0 bridgehead atoms. The van der Waals surface area contributed by atoms with Crippen molar-refractivity contribution < 1.29 is 9.47 Å². The van der Waals surface area contributed by atoms with Gasteiger partial charge in [-0.15, -0.1) is 0 Å². The van der Waals surface area contributed by atoms with Crippen molar-refractivity contribution >= 4 is 28.7 Å². The summed E-state index contributed by atoms with van der Waals surface area (Å²) < 4.78 is 10.6. The number of hydrogen-bond donors (Lipinski definition) is 2. The molecule has 1 aliphatic rings. The second-order valence-electron chi connectivity index (χ2n) is 7.03. The Hall–Kier alpha value is -2.47. The number of benzene rings is 2. The zero-order valence-corrected chi connectivity index (χ0v) is 17.6. The van der Waals surface area contributed by atoms with Crippen molar-refractivity contribution in [2.75, 3.05) is 37.5 Å². The standard InChI is InChI=1S/C22H29N3O2S/c1-16(17-7-10-19(11-8-17)25-13-5-4-6-14-25)23-22(28)24-18-9-12-20(26-2)21(15-18)27-3/h7-12,15-16H,4-6,13-14H2,1-3H3,(H2,23,24,28)/t16-/m1/s1. The van der Waals surface area contributed by atoms with E-state index < -0.39 is 0 Å². The van der Waals surface area contributed by atoms with Crippen molar-refractivity contribution in [3.8, 4) is 11.5 Å². The Balaban J connectivity index is 1.58. The monoisotopic (exact) mass is 399 g/mol. The van der Waals surface area contributed by atoms with Crippen LogP contribution < -0.4 is 25.0 Å². The molecule has 0 aromatic heterocycles. The first-order valence-corrected chi connectivity index (χ1v) is 10.2. The number of anilines is 2. The molecule has 2 N–H and O–H groups in total. The van der Waals surface area contributed by atoms with Crippen molar-refractivity contribution in [2.45, 2.75) is 32.2 Å². The molecule has 2 aromatic carbocycles. The lowest BCUT2D eigenvalue weighted by Gasteiger charge is -2.29. The van der Waals surface area contributed by atoms with Crippen LogP contribution in [0, 0.1) is 0 Å². The third-order valence-corrected chi connectivity index (χ3v) is 5.32. The van der Waals surface area contributed by atoms with E-state index in [4.69, 9.17) is 21.7 Å². The van der Waals surface area contributed by atoms with E-state index in [9.17, 15) is 0 Å². The van der Waals surface area contributed by atoms with Crippen molar-refractivity contribution in [1.82, 2.24) is 5.32 Å². The fraction of sp³-hybridized carbons (Fsp3) is 0.409. The molecule has 1 saturated heterocycles. The summed E-state index contributed by atoms with van der Waals surface area (Å²) in [4.78, 5) is 2.47. The minimum absolute atomic E-state index is 0.107. The Kier molecular flexibility index (Phi) is 6.98. The fourth-order valence-electron chi connectivity index (χ4n) is 3.49. The topological polar surface area (TPSA) is 45.8 Å². The van der Waals surface area contributed by atoms with E-state index in [1.807, 2.05) is 18.2 Å². The molecule has 5 nitrogen and oxygen atoms in total. The van der Waals surface area contributed by atoms with Gasteiger partial charge < -0.3 is 25.0 Å². The van der Waals surface area contributed by atoms with Gasteiger partial charge in [0, 0.05) is 30.5 Å². The molecular weight excluding hydrogens is 370 g/mol. The van der Waals surface area contributed by atoms with Gasteiger partial charge in [0.1, 0.15) is 0 Å². The van der Waals surface area contributed by atoms with Gasteiger partial charge in [-0.3, -0.25) is 0 Å². The second-order valence-corrected chi connectivity index (χ2v) is 7.44. The van der Waals surface area contributed by atoms with Gasteiger partial charge in [0.05, 0.1) is 20.3 Å². The molecule has 2 aromatic rings. The third kappa shape index (κ3) is 5.07. The van der Waals surface area contributed by atoms with Gasteiger partial charge >= 0.3 is 0 Å². The molecule has 0 saturated carbocycles. The Labute approximate surface area is 173 Å². The Morgan fingerprint density at radius 3 is 2.29 bits per heavy atom. The van der Waals surface area contributed by atoms with Crippen LogP contribution in [-0.4, -0.2) is 32.4 Å². The number of piperidine rings is 1. The number of methoxy groups -OCH3 is 2. The molecule has 28 heavy (non-hydrogen) atoms. The maximum atomic E-state index is 5.48. The van der Waals surface area contributed by atoms with Crippen molar-refractivity contribution in [1.29, 1.82) is 0 Å². The molecule has 6 heteroatoms.